The van der Waals surface area contributed by atoms with E-state index in [0.717, 1.165) is 6.42 Å². The molecule has 0 saturated carbocycles. The van der Waals surface area contributed by atoms with Crippen LogP contribution in [0.15, 0.2) is 0 Å². The molecule has 86 valence electrons. The van der Waals surface area contributed by atoms with Crippen LogP contribution in [0.3, 0.4) is 0 Å². The van der Waals surface area contributed by atoms with Crippen molar-refractivity contribution in [3.8, 4) is 0 Å². The van der Waals surface area contributed by atoms with Crippen molar-refractivity contribution in [3.05, 3.63) is 0 Å². The molecule has 0 rings (SSSR count). The third-order valence-electron chi connectivity index (χ3n) is 3.30. The molecular formula is C11H22BNO2. The number of hydrogen-bond acceptors (Lipinski definition) is 3. The average Bonchev–Trinajstić information content (AvgIpc) is 2.23. The molecule has 0 heterocycles. The van der Waals surface area contributed by atoms with Crippen LogP contribution in [0.25, 0.3) is 0 Å². The lowest BCUT2D eigenvalue weighted by molar-refractivity contribution is -0.122. The molecule has 0 spiro atoms. The van der Waals surface area contributed by atoms with Crippen LogP contribution in [0.2, 0.25) is 0 Å². The van der Waals surface area contributed by atoms with E-state index in [1.807, 2.05) is 27.7 Å². The second-order valence-electron chi connectivity index (χ2n) is 4.37. The molecule has 0 radical (unpaired) electrons. The zero-order valence-electron chi connectivity index (χ0n) is 10.5. The van der Waals surface area contributed by atoms with E-state index in [9.17, 15) is 9.59 Å². The summed E-state index contributed by atoms with van der Waals surface area (Å²) in [6, 6.07) is 0. The summed E-state index contributed by atoms with van der Waals surface area (Å²) in [5.74, 6) is 0.160. The van der Waals surface area contributed by atoms with Crippen LogP contribution in [-0.2, 0) is 9.59 Å². The van der Waals surface area contributed by atoms with Crippen molar-refractivity contribution in [2.45, 2.75) is 53.0 Å². The highest BCUT2D eigenvalue weighted by Crippen LogP contribution is 2.10. The van der Waals surface area contributed by atoms with Gasteiger partial charge in [0.25, 0.3) is 7.41 Å². The topological polar surface area (TPSA) is 46.2 Å². The van der Waals surface area contributed by atoms with Crippen molar-refractivity contribution in [2.24, 2.45) is 5.92 Å². The van der Waals surface area contributed by atoms with Gasteiger partial charge in [0.05, 0.1) is 5.54 Å². The number of rotatable bonds is 7. The third kappa shape index (κ3) is 4.16. The summed E-state index contributed by atoms with van der Waals surface area (Å²) in [6.45, 7) is 9.26. The van der Waals surface area contributed by atoms with Gasteiger partial charge in [-0.3, -0.25) is 4.79 Å². The molecule has 0 saturated heterocycles. The number of carbonyl (C=O) groups excluding carboxylic acids is 2. The van der Waals surface area contributed by atoms with Gasteiger partial charge in [-0.15, -0.1) is 0 Å². The molecule has 3 nitrogen and oxygen atoms in total. The Bertz CT molecular complexity index is 243. The lowest BCUT2D eigenvalue weighted by Gasteiger charge is -2.26. The fraction of sp³-hybridized carbons (Fsp3) is 0.818. The van der Waals surface area contributed by atoms with Crippen molar-refractivity contribution in [2.75, 3.05) is 0 Å². The van der Waals surface area contributed by atoms with Gasteiger partial charge in [-0.25, -0.2) is 0 Å². The van der Waals surface area contributed by atoms with Crippen LogP contribution in [0.1, 0.15) is 47.5 Å². The Kier molecular flexibility index (Phi) is 5.80. The highest BCUT2D eigenvalue weighted by atomic mass is 16.1. The first-order valence-corrected chi connectivity index (χ1v) is 5.66. The van der Waals surface area contributed by atoms with Crippen molar-refractivity contribution >= 4 is 18.9 Å². The van der Waals surface area contributed by atoms with Gasteiger partial charge in [0.2, 0.25) is 0 Å². The smallest absolute Gasteiger partial charge is 0.283 e. The Balaban J connectivity index is 4.24. The van der Waals surface area contributed by atoms with E-state index in [1.54, 1.807) is 6.92 Å². The van der Waals surface area contributed by atoms with Crippen molar-refractivity contribution in [1.29, 1.82) is 0 Å². The minimum Gasteiger partial charge on any atom is -0.341 e. The van der Waals surface area contributed by atoms with E-state index in [-0.39, 0.29) is 17.4 Å². The Hall–Kier alpha value is -0.635. The Morgan fingerprint density at radius 3 is 2.27 bits per heavy atom. The quantitative estimate of drug-likeness (QED) is 0.645. The normalized spacial score (nSPS) is 16.6. The lowest BCUT2D eigenvalue weighted by Crippen LogP contribution is -2.52. The van der Waals surface area contributed by atoms with Crippen LogP contribution in [0.4, 0.5) is 0 Å². The molecule has 4 heteroatoms. The summed E-state index contributed by atoms with van der Waals surface area (Å²) in [5.41, 5.74) is -0.373. The first-order valence-electron chi connectivity index (χ1n) is 5.66. The van der Waals surface area contributed by atoms with Gasteiger partial charge < -0.3 is 10.0 Å². The van der Waals surface area contributed by atoms with Crippen LogP contribution in [-0.4, -0.2) is 24.4 Å². The minimum absolute atomic E-state index is 0.0746. The summed E-state index contributed by atoms with van der Waals surface area (Å²) in [5, 5.41) is 3.06. The summed E-state index contributed by atoms with van der Waals surface area (Å²) in [6.07, 6.45) is 1.56. The monoisotopic (exact) mass is 211 g/mol. The SMILES string of the molecule is CCC(C)C(=O)BNC(C)(CC)C(C)=O. The second kappa shape index (κ2) is 6.06. The maximum atomic E-state index is 11.6. The van der Waals surface area contributed by atoms with Gasteiger partial charge in [0.1, 0.15) is 11.5 Å². The van der Waals surface area contributed by atoms with Crippen molar-refractivity contribution in [1.82, 2.24) is 5.23 Å². The molecule has 15 heavy (non-hydrogen) atoms. The van der Waals surface area contributed by atoms with E-state index in [2.05, 4.69) is 5.23 Å². The highest BCUT2D eigenvalue weighted by molar-refractivity contribution is 6.72. The maximum absolute atomic E-state index is 11.6. The third-order valence-corrected chi connectivity index (χ3v) is 3.30. The van der Waals surface area contributed by atoms with Gasteiger partial charge in [-0.1, -0.05) is 20.8 Å². The molecule has 2 atom stereocenters. The number of nitrogens with one attached hydrogen (secondary N) is 1. The van der Waals surface area contributed by atoms with Crippen LogP contribution >= 0.6 is 0 Å². The van der Waals surface area contributed by atoms with Crippen molar-refractivity contribution < 1.29 is 9.59 Å². The fourth-order valence-electron chi connectivity index (χ4n) is 1.18. The van der Waals surface area contributed by atoms with Crippen LogP contribution < -0.4 is 5.23 Å². The Morgan fingerprint density at radius 2 is 1.93 bits per heavy atom. The van der Waals surface area contributed by atoms with E-state index in [0.29, 0.717) is 13.8 Å². The fourth-order valence-corrected chi connectivity index (χ4v) is 1.18. The number of hydrogen-bond donors (Lipinski definition) is 1. The summed E-state index contributed by atoms with van der Waals surface area (Å²) >= 11 is 0. The van der Waals surface area contributed by atoms with Crippen molar-refractivity contribution in [3.63, 3.8) is 0 Å². The molecule has 0 aliphatic carbocycles. The highest BCUT2D eigenvalue weighted by Gasteiger charge is 2.28. The molecule has 0 aliphatic heterocycles. The van der Waals surface area contributed by atoms with Gasteiger partial charge in [0, 0.05) is 5.92 Å². The van der Waals surface area contributed by atoms with Crippen LogP contribution in [0.5, 0.6) is 0 Å². The predicted octanol–water partition coefficient (Wildman–Crippen LogP) is 1.26. The molecule has 0 aromatic carbocycles. The van der Waals surface area contributed by atoms with E-state index in [4.69, 9.17) is 0 Å². The maximum Gasteiger partial charge on any atom is 0.283 e. The largest absolute Gasteiger partial charge is 0.341 e. The zero-order chi connectivity index (χ0) is 12.1. The molecule has 0 aromatic rings. The zero-order valence-corrected chi connectivity index (χ0v) is 10.5. The summed E-state index contributed by atoms with van der Waals surface area (Å²) in [4.78, 5) is 23.0. The lowest BCUT2D eigenvalue weighted by atomic mass is 9.75. The first-order chi connectivity index (χ1) is 6.87. The second-order valence-corrected chi connectivity index (χ2v) is 4.37. The molecular weight excluding hydrogens is 189 g/mol. The summed E-state index contributed by atoms with van der Waals surface area (Å²) in [7, 11) is 0.291. The van der Waals surface area contributed by atoms with E-state index >= 15 is 0 Å². The molecule has 2 unspecified atom stereocenters. The van der Waals surface area contributed by atoms with E-state index in [1.165, 1.54) is 0 Å². The molecule has 0 aromatic heterocycles. The average molecular weight is 211 g/mol. The Morgan fingerprint density at radius 1 is 1.40 bits per heavy atom. The molecule has 0 aliphatic rings. The van der Waals surface area contributed by atoms with Crippen LogP contribution in [0, 0.1) is 5.92 Å². The van der Waals surface area contributed by atoms with E-state index < -0.39 is 5.54 Å². The van der Waals surface area contributed by atoms with Gasteiger partial charge in [-0.2, -0.15) is 0 Å². The first kappa shape index (κ1) is 14.4. The van der Waals surface area contributed by atoms with Gasteiger partial charge in [-0.05, 0) is 26.7 Å². The minimum atomic E-state index is -0.552. The predicted molar refractivity (Wildman–Crippen MR) is 64.1 cm³/mol. The van der Waals surface area contributed by atoms with Gasteiger partial charge in [0.15, 0.2) is 0 Å². The molecule has 0 amide bonds. The standard InChI is InChI=1S/C11H22BNO2/c1-6-8(3)10(15)12-13-11(5,7-2)9(4)14/h8,12-13H,6-7H2,1-5H3. The summed E-state index contributed by atoms with van der Waals surface area (Å²) < 4.78 is 0. The number of Topliss-reactive ketones (excluding diaryl/α,β-unsaturated/α-hetero) is 1. The van der Waals surface area contributed by atoms with Gasteiger partial charge >= 0.3 is 0 Å². The Labute approximate surface area is 93.3 Å². The number of carbonyl (C=O) groups is 2. The molecule has 1 N–H and O–H groups in total. The molecule has 0 bridgehead atoms. The number of ketones is 1. The molecule has 0 fully saturated rings.